The summed E-state index contributed by atoms with van der Waals surface area (Å²) in [5.41, 5.74) is 6.69. The number of hydrogen-bond donors (Lipinski definition) is 1. The number of fused-ring (bicyclic) bond motifs is 1. The van der Waals surface area contributed by atoms with Crippen LogP contribution in [0.2, 0.25) is 0 Å². The highest BCUT2D eigenvalue weighted by Crippen LogP contribution is 2.22. The van der Waals surface area contributed by atoms with Crippen LogP contribution in [-0.2, 0) is 4.79 Å². The number of primary amides is 1. The third-order valence-electron chi connectivity index (χ3n) is 5.21. The molecule has 29 heavy (non-hydrogen) atoms. The van der Waals surface area contributed by atoms with E-state index in [4.69, 9.17) is 10.7 Å². The van der Waals surface area contributed by atoms with Gasteiger partial charge in [0.15, 0.2) is 11.5 Å². The molecule has 2 amide bonds. The summed E-state index contributed by atoms with van der Waals surface area (Å²) in [5.74, 6) is 0.637. The number of likely N-dealkylation sites (N-methyl/N-ethyl adjacent to an activating group) is 1. The van der Waals surface area contributed by atoms with Gasteiger partial charge in [-0.1, -0.05) is 0 Å². The number of nitrogens with two attached hydrogens (primary N) is 1. The molecule has 4 heterocycles. The van der Waals surface area contributed by atoms with Gasteiger partial charge in [-0.3, -0.25) is 14.0 Å². The fourth-order valence-corrected chi connectivity index (χ4v) is 3.66. The minimum absolute atomic E-state index is 0.137. The van der Waals surface area contributed by atoms with Crippen LogP contribution >= 0.6 is 0 Å². The lowest BCUT2D eigenvalue weighted by molar-refractivity contribution is -0.118. The quantitative estimate of drug-likeness (QED) is 0.586. The maximum Gasteiger partial charge on any atom is 0.268 e. The molecule has 0 spiro atoms. The molecule has 0 aliphatic carbocycles. The van der Waals surface area contributed by atoms with Crippen molar-refractivity contribution in [3.8, 4) is 11.5 Å². The number of carbonyl (C=O) groups is 2. The smallest absolute Gasteiger partial charge is 0.268 e. The van der Waals surface area contributed by atoms with E-state index < -0.39 is 5.91 Å². The molecule has 0 radical (unpaired) electrons. The minimum atomic E-state index is -0.616. The van der Waals surface area contributed by atoms with Gasteiger partial charge in [0.1, 0.15) is 17.2 Å². The van der Waals surface area contributed by atoms with E-state index in [-0.39, 0.29) is 11.7 Å². The number of likely N-dealkylation sites (tertiary alicyclic amines) is 1. The molecule has 0 aromatic carbocycles. The van der Waals surface area contributed by atoms with Gasteiger partial charge in [0.2, 0.25) is 6.41 Å². The van der Waals surface area contributed by atoms with Crippen LogP contribution in [0.3, 0.4) is 0 Å². The van der Waals surface area contributed by atoms with Crippen molar-refractivity contribution in [2.45, 2.75) is 25.8 Å². The normalized spacial score (nSPS) is 16.3. The first-order valence-electron chi connectivity index (χ1n) is 9.53. The maximum atomic E-state index is 11.5. The van der Waals surface area contributed by atoms with Gasteiger partial charge in [-0.15, -0.1) is 0 Å². The van der Waals surface area contributed by atoms with Gasteiger partial charge in [0.25, 0.3) is 5.91 Å². The summed E-state index contributed by atoms with van der Waals surface area (Å²) in [5, 5.41) is 0. The zero-order chi connectivity index (χ0) is 20.4. The van der Waals surface area contributed by atoms with E-state index in [0.29, 0.717) is 23.7 Å². The highest BCUT2D eigenvalue weighted by atomic mass is 16.1. The molecule has 10 nitrogen and oxygen atoms in total. The molecule has 1 unspecified atom stereocenters. The molecule has 1 fully saturated rings. The van der Waals surface area contributed by atoms with Crippen LogP contribution in [0.25, 0.3) is 17.2 Å². The molecule has 1 aliphatic rings. The molecule has 3 aromatic rings. The lowest BCUT2D eigenvalue weighted by atomic mass is 10.2. The van der Waals surface area contributed by atoms with E-state index >= 15 is 0 Å². The van der Waals surface area contributed by atoms with E-state index in [0.717, 1.165) is 38.2 Å². The number of carbonyl (C=O) groups excluding carboxylic acids is 2. The Hall–Kier alpha value is -3.56. The van der Waals surface area contributed by atoms with Gasteiger partial charge in [0.05, 0.1) is 12.4 Å². The average Bonchev–Trinajstić information content (AvgIpc) is 3.37. The molecular formula is C19H22N8O2. The van der Waals surface area contributed by atoms with E-state index in [2.05, 4.69) is 26.8 Å². The number of nitrogens with zero attached hydrogens (tertiary/aromatic N) is 7. The van der Waals surface area contributed by atoms with Crippen molar-refractivity contribution in [2.75, 3.05) is 24.5 Å². The predicted octanol–water partition coefficient (Wildman–Crippen LogP) is 0.732. The average molecular weight is 394 g/mol. The Labute approximate surface area is 167 Å². The van der Waals surface area contributed by atoms with Crippen molar-refractivity contribution < 1.29 is 9.59 Å². The fraction of sp³-hybridized carbons (Fsp3) is 0.368. The van der Waals surface area contributed by atoms with Gasteiger partial charge < -0.3 is 15.5 Å². The lowest BCUT2D eigenvalue weighted by Crippen LogP contribution is -2.40. The largest absolute Gasteiger partial charge is 0.364 e. The van der Waals surface area contributed by atoms with E-state index in [1.807, 2.05) is 11.0 Å². The summed E-state index contributed by atoms with van der Waals surface area (Å²) in [6.45, 7) is 4.33. The number of aromatic nitrogens is 5. The fourth-order valence-electron chi connectivity index (χ4n) is 3.66. The Morgan fingerprint density at radius 2 is 2.21 bits per heavy atom. The Bertz CT molecular complexity index is 1050. The van der Waals surface area contributed by atoms with Gasteiger partial charge in [-0.25, -0.2) is 19.9 Å². The van der Waals surface area contributed by atoms with Crippen molar-refractivity contribution in [1.29, 1.82) is 0 Å². The van der Waals surface area contributed by atoms with Gasteiger partial charge >= 0.3 is 0 Å². The molecule has 150 valence electrons. The zero-order valence-electron chi connectivity index (χ0n) is 16.1. The molecule has 1 atom stereocenters. The Balaban J connectivity index is 1.66. The van der Waals surface area contributed by atoms with E-state index in [1.54, 1.807) is 16.8 Å². The summed E-state index contributed by atoms with van der Waals surface area (Å²) >= 11 is 0. The van der Waals surface area contributed by atoms with Crippen LogP contribution in [0.4, 0.5) is 5.82 Å². The molecule has 0 bridgehead atoms. The number of amides is 2. The van der Waals surface area contributed by atoms with Crippen LogP contribution in [0, 0.1) is 0 Å². The number of hydrogen-bond acceptors (Lipinski definition) is 7. The summed E-state index contributed by atoms with van der Waals surface area (Å²) in [6.07, 6.45) is 9.30. The first kappa shape index (κ1) is 18.8. The summed E-state index contributed by atoms with van der Waals surface area (Å²) < 4.78 is 1.70. The molecule has 3 aromatic heterocycles. The van der Waals surface area contributed by atoms with Crippen molar-refractivity contribution in [2.24, 2.45) is 5.73 Å². The summed E-state index contributed by atoms with van der Waals surface area (Å²) in [7, 11) is 0. The van der Waals surface area contributed by atoms with E-state index in [1.165, 1.54) is 12.4 Å². The Morgan fingerprint density at radius 1 is 1.34 bits per heavy atom. The van der Waals surface area contributed by atoms with Gasteiger partial charge in [-0.2, -0.15) is 0 Å². The second-order valence-corrected chi connectivity index (χ2v) is 6.92. The van der Waals surface area contributed by atoms with Crippen LogP contribution in [0.5, 0.6) is 0 Å². The Kier molecular flexibility index (Phi) is 5.07. The predicted molar refractivity (Wildman–Crippen MR) is 106 cm³/mol. The highest BCUT2D eigenvalue weighted by Gasteiger charge is 2.25. The van der Waals surface area contributed by atoms with Crippen molar-refractivity contribution in [3.05, 3.63) is 36.5 Å². The number of imidazole rings is 1. The van der Waals surface area contributed by atoms with Crippen LogP contribution in [0.15, 0.2) is 30.9 Å². The number of anilines is 1. The van der Waals surface area contributed by atoms with Crippen molar-refractivity contribution in [1.82, 2.24) is 29.2 Å². The Morgan fingerprint density at radius 3 is 2.97 bits per heavy atom. The number of rotatable bonds is 7. The first-order valence-corrected chi connectivity index (χ1v) is 9.53. The standard InChI is InChI=1S/C19H22N8O2/c1-2-25(10-13-4-3-7-26(13)12-28)16-5-6-21-19(24-16)15-8-23-17-9-22-14(18(20)29)11-27(15)17/h5-6,8-9,11-13H,2-4,7,10H2,1H3,(H2,20,29). The van der Waals surface area contributed by atoms with Crippen LogP contribution < -0.4 is 10.6 Å². The molecule has 1 saturated heterocycles. The van der Waals surface area contributed by atoms with Crippen molar-refractivity contribution in [3.63, 3.8) is 0 Å². The molecular weight excluding hydrogens is 372 g/mol. The van der Waals surface area contributed by atoms with Crippen LogP contribution in [0.1, 0.15) is 30.3 Å². The molecule has 2 N–H and O–H groups in total. The molecule has 1 aliphatic heterocycles. The topological polar surface area (TPSA) is 123 Å². The van der Waals surface area contributed by atoms with E-state index in [9.17, 15) is 9.59 Å². The van der Waals surface area contributed by atoms with Gasteiger partial charge in [-0.05, 0) is 25.8 Å². The van der Waals surface area contributed by atoms with Gasteiger partial charge in [0, 0.05) is 38.1 Å². The highest BCUT2D eigenvalue weighted by molar-refractivity contribution is 5.90. The van der Waals surface area contributed by atoms with Crippen molar-refractivity contribution >= 4 is 23.8 Å². The first-order chi connectivity index (χ1) is 14.1. The van der Waals surface area contributed by atoms with Crippen LogP contribution in [-0.4, -0.2) is 67.2 Å². The third-order valence-corrected chi connectivity index (χ3v) is 5.21. The zero-order valence-corrected chi connectivity index (χ0v) is 16.1. The minimum Gasteiger partial charge on any atom is -0.364 e. The molecule has 4 rings (SSSR count). The lowest BCUT2D eigenvalue weighted by Gasteiger charge is -2.29. The second kappa shape index (κ2) is 7.82. The maximum absolute atomic E-state index is 11.5. The third kappa shape index (κ3) is 3.60. The second-order valence-electron chi connectivity index (χ2n) is 6.92. The molecule has 10 heteroatoms. The summed E-state index contributed by atoms with van der Waals surface area (Å²) in [6, 6.07) is 2.04. The monoisotopic (exact) mass is 394 g/mol. The summed E-state index contributed by atoms with van der Waals surface area (Å²) in [4.78, 5) is 44.1. The molecule has 0 saturated carbocycles. The SMILES string of the molecule is CCN(CC1CCCN1C=O)c1ccnc(-c2cnc3cnc(C(N)=O)cn23)n1.